The van der Waals surface area contributed by atoms with Gasteiger partial charge < -0.3 is 24.2 Å². The van der Waals surface area contributed by atoms with Crippen LogP contribution in [0.5, 0.6) is 11.5 Å². The number of unbranched alkanes of at least 4 members (excludes halogenated alkanes) is 3. The van der Waals surface area contributed by atoms with Gasteiger partial charge in [-0.25, -0.2) is 14.2 Å². The molecule has 2 N–H and O–H groups in total. The van der Waals surface area contributed by atoms with Gasteiger partial charge in [0.1, 0.15) is 17.0 Å². The minimum Gasteiger partial charge on any atom is -0.544 e. The second-order valence-corrected chi connectivity index (χ2v) is 21.1. The van der Waals surface area contributed by atoms with Crippen LogP contribution in [0.25, 0.3) is 17.1 Å². The zero-order valence-electron chi connectivity index (χ0n) is 33.0. The number of hydrogen-bond acceptors (Lipinski definition) is 6. The Morgan fingerprint density at radius 2 is 1.59 bits per heavy atom. The number of aromatic amines is 1. The molecule has 0 aliphatic carbocycles. The fourth-order valence-corrected chi connectivity index (χ4v) is 6.78. The number of nitrogens with one attached hydrogen (secondary N) is 2. The summed E-state index contributed by atoms with van der Waals surface area (Å²) < 4.78 is 34.2. The van der Waals surface area contributed by atoms with E-state index in [0.717, 1.165) is 53.9 Å². The molecule has 0 unspecified atom stereocenters. The van der Waals surface area contributed by atoms with Crippen molar-refractivity contribution in [1.29, 1.82) is 0 Å². The van der Waals surface area contributed by atoms with Gasteiger partial charge in [-0.1, -0.05) is 70.0 Å². The van der Waals surface area contributed by atoms with Gasteiger partial charge in [0.25, 0.3) is 5.56 Å². The summed E-state index contributed by atoms with van der Waals surface area (Å²) in [5.41, 5.74) is 3.78. The van der Waals surface area contributed by atoms with E-state index < -0.39 is 25.8 Å². The maximum absolute atomic E-state index is 15.2. The van der Waals surface area contributed by atoms with Crippen LogP contribution in [-0.2, 0) is 17.6 Å². The van der Waals surface area contributed by atoms with Gasteiger partial charge in [-0.15, -0.1) is 0 Å². The maximum Gasteiger partial charge on any atom is 0.407 e. The second kappa shape index (κ2) is 17.1. The number of rotatable bonds is 15. The lowest BCUT2D eigenvalue weighted by Crippen LogP contribution is -2.43. The topological polar surface area (TPSA) is 107 Å². The van der Waals surface area contributed by atoms with Gasteiger partial charge in [-0.3, -0.25) is 9.36 Å². The van der Waals surface area contributed by atoms with Gasteiger partial charge in [0.2, 0.25) is 8.32 Å². The molecule has 0 atom stereocenters. The highest BCUT2D eigenvalue weighted by molar-refractivity contribution is 6.74. The Hall–Kier alpha value is -4.90. The lowest BCUT2D eigenvalue weighted by molar-refractivity contribution is 0.0527. The number of alkyl carbamates (subject to hydrolysis) is 1. The highest BCUT2D eigenvalue weighted by Crippen LogP contribution is 2.38. The molecule has 1 amide bonds. The number of fused-ring (bicyclic) bond motifs is 1. The fourth-order valence-electron chi connectivity index (χ4n) is 5.74. The Morgan fingerprint density at radius 3 is 2.26 bits per heavy atom. The van der Waals surface area contributed by atoms with Crippen LogP contribution in [0.2, 0.25) is 18.1 Å². The average molecular weight is 755 g/mol. The molecule has 11 heteroatoms. The van der Waals surface area contributed by atoms with Crippen molar-refractivity contribution in [1.82, 2.24) is 19.9 Å². The summed E-state index contributed by atoms with van der Waals surface area (Å²) >= 11 is 0. The van der Waals surface area contributed by atoms with E-state index in [1.54, 1.807) is 22.9 Å². The SMILES string of the molecule is CC(C)(C)OC(=O)NCCCCCCOc1ccc(Cc2nc3c(Cc4ccccc4)[nH]c(-c4ccc(O[Si](C)(C)C(C)(C)C)cc4)cn-3c2=O)cc1F. The Labute approximate surface area is 319 Å². The second-order valence-electron chi connectivity index (χ2n) is 16.4. The Kier molecular flexibility index (Phi) is 12.7. The lowest BCUT2D eigenvalue weighted by atomic mass is 10.1. The first-order valence-corrected chi connectivity index (χ1v) is 21.7. The van der Waals surface area contributed by atoms with E-state index in [0.29, 0.717) is 36.6 Å². The predicted molar refractivity (Wildman–Crippen MR) is 215 cm³/mol. The molecular weight excluding hydrogens is 700 g/mol. The van der Waals surface area contributed by atoms with Crippen molar-refractivity contribution in [2.75, 3.05) is 13.2 Å². The number of carbonyl (C=O) groups is 1. The van der Waals surface area contributed by atoms with Crippen molar-refractivity contribution in [3.05, 3.63) is 118 Å². The monoisotopic (exact) mass is 754 g/mol. The number of benzene rings is 3. The molecule has 0 fully saturated rings. The third kappa shape index (κ3) is 10.8. The van der Waals surface area contributed by atoms with Crippen molar-refractivity contribution < 1.29 is 23.1 Å². The summed E-state index contributed by atoms with van der Waals surface area (Å²) in [5, 5.41) is 2.84. The number of imidazole rings is 1. The molecule has 5 rings (SSSR count). The highest BCUT2D eigenvalue weighted by atomic mass is 28.4. The molecule has 0 saturated carbocycles. The van der Waals surface area contributed by atoms with E-state index in [1.807, 2.05) is 75.4 Å². The number of ether oxygens (including phenoxy) is 2. The molecule has 0 bridgehead atoms. The quantitative estimate of drug-likeness (QED) is 0.0814. The van der Waals surface area contributed by atoms with Crippen LogP contribution < -0.4 is 20.0 Å². The molecule has 3 aromatic rings. The number of halogens is 1. The summed E-state index contributed by atoms with van der Waals surface area (Å²) in [6.45, 7) is 17.5. The molecule has 0 spiro atoms. The Bertz CT molecular complexity index is 2030. The van der Waals surface area contributed by atoms with E-state index in [2.05, 4.69) is 44.2 Å². The van der Waals surface area contributed by atoms with Crippen LogP contribution >= 0.6 is 0 Å². The fraction of sp³-hybridized carbons (Fsp3) is 0.419. The zero-order valence-corrected chi connectivity index (χ0v) is 34.0. The van der Waals surface area contributed by atoms with Crippen molar-refractivity contribution >= 4 is 14.4 Å². The summed E-state index contributed by atoms with van der Waals surface area (Å²) in [7, 11) is -2.00. The van der Waals surface area contributed by atoms with E-state index in [1.165, 1.54) is 6.07 Å². The molecule has 2 heterocycles. The molecule has 0 radical (unpaired) electrons. The van der Waals surface area contributed by atoms with E-state index in [4.69, 9.17) is 18.9 Å². The largest absolute Gasteiger partial charge is 0.544 e. The smallest absolute Gasteiger partial charge is 0.407 e. The van der Waals surface area contributed by atoms with Crippen LogP contribution in [0.15, 0.2) is 83.8 Å². The minimum atomic E-state index is -2.00. The molecular formula is C43H55FN4O5Si. The number of H-pyrrole nitrogens is 1. The number of nitrogens with zero attached hydrogens (tertiary/aromatic N) is 2. The number of hydrogen-bond donors (Lipinski definition) is 2. The molecule has 9 nitrogen and oxygen atoms in total. The van der Waals surface area contributed by atoms with Gasteiger partial charge >= 0.3 is 6.09 Å². The third-order valence-electron chi connectivity index (χ3n) is 9.68. The van der Waals surface area contributed by atoms with Gasteiger partial charge in [0.05, 0.1) is 18.0 Å². The number of aromatic nitrogens is 3. The van der Waals surface area contributed by atoms with E-state index in [-0.39, 0.29) is 22.8 Å². The molecule has 2 aliphatic heterocycles. The van der Waals surface area contributed by atoms with E-state index >= 15 is 4.39 Å². The van der Waals surface area contributed by atoms with E-state index in [9.17, 15) is 9.59 Å². The first-order valence-electron chi connectivity index (χ1n) is 18.8. The molecule has 288 valence electrons. The van der Waals surface area contributed by atoms with Gasteiger partial charge in [0, 0.05) is 25.6 Å². The van der Waals surface area contributed by atoms with Crippen LogP contribution in [0.4, 0.5) is 9.18 Å². The normalized spacial score (nSPS) is 12.2. The predicted octanol–water partition coefficient (Wildman–Crippen LogP) is 9.83. The molecule has 0 saturated heterocycles. The summed E-state index contributed by atoms with van der Waals surface area (Å²) in [6.07, 6.45) is 5.47. The van der Waals surface area contributed by atoms with Crippen LogP contribution in [0, 0.1) is 5.82 Å². The first kappa shape index (κ1) is 40.3. The maximum atomic E-state index is 15.2. The standard InChI is InChI=1S/C43H55FN4O5Si/c1-42(2,3)52-41(50)45-24-14-9-10-15-25-51-38-23-18-31(26-34(38)44)28-36-40(49)48-29-37(46-35(39(48)47-36)27-30-16-12-11-13-17-30)32-19-21-33(22-20-32)53-54(7,8)43(4,5)6/h11-13,16-23,26,29,46H,9-10,14-15,24-25,27-28H2,1-8H3,(H,45,50). The minimum absolute atomic E-state index is 0.0778. The Balaban J connectivity index is 1.26. The Morgan fingerprint density at radius 1 is 0.889 bits per heavy atom. The summed E-state index contributed by atoms with van der Waals surface area (Å²) in [4.78, 5) is 34.0. The number of amides is 1. The number of carbonyl (C=O) groups excluding carboxylic acids is 1. The molecule has 54 heavy (non-hydrogen) atoms. The zero-order chi connectivity index (χ0) is 39.1. The van der Waals surface area contributed by atoms with Gasteiger partial charge in [-0.2, -0.15) is 0 Å². The first-order chi connectivity index (χ1) is 25.5. The van der Waals surface area contributed by atoms with Crippen molar-refractivity contribution in [3.8, 4) is 28.6 Å². The average Bonchev–Trinajstić information content (AvgIpc) is 3.40. The lowest BCUT2D eigenvalue weighted by Gasteiger charge is -2.36. The van der Waals surface area contributed by atoms with Crippen molar-refractivity contribution in [2.24, 2.45) is 0 Å². The molecule has 2 aliphatic rings. The van der Waals surface area contributed by atoms with Gasteiger partial charge in [0.15, 0.2) is 17.4 Å². The van der Waals surface area contributed by atoms with Crippen LogP contribution in [0.1, 0.15) is 89.7 Å². The molecule has 3 aromatic carbocycles. The van der Waals surface area contributed by atoms with Crippen molar-refractivity contribution in [3.63, 3.8) is 0 Å². The van der Waals surface area contributed by atoms with Crippen LogP contribution in [-0.4, -0.2) is 47.7 Å². The highest BCUT2D eigenvalue weighted by Gasteiger charge is 2.39. The van der Waals surface area contributed by atoms with Gasteiger partial charge in [-0.05, 0) is 105 Å². The molecule has 0 aromatic heterocycles. The van der Waals surface area contributed by atoms with Crippen LogP contribution in [0.3, 0.4) is 0 Å². The summed E-state index contributed by atoms with van der Waals surface area (Å²) in [5.74, 6) is 1.07. The van der Waals surface area contributed by atoms with Crippen molar-refractivity contribution in [2.45, 2.75) is 104 Å². The third-order valence-corrected chi connectivity index (χ3v) is 14.0. The summed E-state index contributed by atoms with van der Waals surface area (Å²) in [6, 6.07) is 22.8.